The van der Waals surface area contributed by atoms with Crippen LogP contribution in [0.1, 0.15) is 57.0 Å². The predicted octanol–water partition coefficient (Wildman–Crippen LogP) is 2.65. The first-order chi connectivity index (χ1) is 11.9. The molecule has 0 bridgehead atoms. The van der Waals surface area contributed by atoms with E-state index in [2.05, 4.69) is 10.4 Å². The average molecular weight is 360 g/mol. The molecule has 0 aromatic carbocycles. The van der Waals surface area contributed by atoms with Crippen LogP contribution in [0.2, 0.25) is 0 Å². The molecular formula is C18H24N4O2S. The van der Waals surface area contributed by atoms with Crippen LogP contribution in [0.15, 0.2) is 0 Å². The fourth-order valence-corrected chi connectivity index (χ4v) is 4.81. The van der Waals surface area contributed by atoms with Gasteiger partial charge in [0.25, 0.3) is 5.91 Å². The number of nitrogens with one attached hydrogen (secondary N) is 1. The number of carbonyl (C=O) groups excluding carboxylic acids is 2. The maximum absolute atomic E-state index is 12.6. The van der Waals surface area contributed by atoms with E-state index in [1.165, 1.54) is 22.6 Å². The van der Waals surface area contributed by atoms with E-state index in [0.29, 0.717) is 10.6 Å². The van der Waals surface area contributed by atoms with E-state index in [-0.39, 0.29) is 12.3 Å². The molecule has 2 heterocycles. The number of nitrogens with zero attached hydrogens (tertiary/aromatic N) is 2. The predicted molar refractivity (Wildman–Crippen MR) is 99.1 cm³/mol. The Kier molecular flexibility index (Phi) is 4.94. The van der Waals surface area contributed by atoms with Crippen molar-refractivity contribution in [2.45, 2.75) is 52.4 Å². The molecule has 2 aromatic heterocycles. The standard InChI is InChI=1S/C18H24N4O2S/c1-10-13(11(2)22(3)21-10)9-15(23)20-18-16(17(19)24)12-7-5-4-6-8-14(12)25-18/h4-9H2,1-3H3,(H2,19,24)(H,20,23). The molecular weight excluding hydrogens is 336 g/mol. The molecule has 0 saturated carbocycles. The molecule has 3 N–H and O–H groups in total. The molecule has 2 aromatic rings. The molecule has 1 aliphatic rings. The molecule has 0 saturated heterocycles. The van der Waals surface area contributed by atoms with Gasteiger partial charge in [-0.3, -0.25) is 14.3 Å². The molecule has 0 radical (unpaired) electrons. The largest absolute Gasteiger partial charge is 0.365 e. The highest BCUT2D eigenvalue weighted by atomic mass is 32.1. The number of nitrogens with two attached hydrogens (primary N) is 1. The minimum Gasteiger partial charge on any atom is -0.365 e. The van der Waals surface area contributed by atoms with Crippen LogP contribution < -0.4 is 11.1 Å². The first-order valence-corrected chi connectivity index (χ1v) is 9.43. The lowest BCUT2D eigenvalue weighted by atomic mass is 10.0. The fraction of sp³-hybridized carbons (Fsp3) is 0.500. The first kappa shape index (κ1) is 17.7. The highest BCUT2D eigenvalue weighted by Crippen LogP contribution is 2.37. The van der Waals surface area contributed by atoms with Gasteiger partial charge in [-0.2, -0.15) is 5.10 Å². The molecule has 0 spiro atoms. The van der Waals surface area contributed by atoms with Crippen LogP contribution in [0.5, 0.6) is 0 Å². The minimum atomic E-state index is -0.455. The van der Waals surface area contributed by atoms with Gasteiger partial charge in [0.1, 0.15) is 5.00 Å². The number of rotatable bonds is 4. The van der Waals surface area contributed by atoms with Crippen molar-refractivity contribution in [3.8, 4) is 0 Å². The van der Waals surface area contributed by atoms with E-state index in [1.807, 2.05) is 20.9 Å². The Morgan fingerprint density at radius 3 is 2.60 bits per heavy atom. The molecule has 1 aliphatic carbocycles. The zero-order valence-corrected chi connectivity index (χ0v) is 15.8. The van der Waals surface area contributed by atoms with Crippen molar-refractivity contribution in [2.24, 2.45) is 12.8 Å². The van der Waals surface area contributed by atoms with Crippen molar-refractivity contribution in [1.82, 2.24) is 9.78 Å². The number of anilines is 1. The van der Waals surface area contributed by atoms with Gasteiger partial charge in [0, 0.05) is 23.2 Å². The topological polar surface area (TPSA) is 90.0 Å². The number of thiophene rings is 1. The third-order valence-corrected chi connectivity index (χ3v) is 6.12. The van der Waals surface area contributed by atoms with Crippen molar-refractivity contribution in [1.29, 1.82) is 0 Å². The van der Waals surface area contributed by atoms with Gasteiger partial charge in [-0.25, -0.2) is 0 Å². The number of fused-ring (bicyclic) bond motifs is 1. The zero-order chi connectivity index (χ0) is 18.1. The molecule has 0 aliphatic heterocycles. The molecule has 134 valence electrons. The van der Waals surface area contributed by atoms with E-state index in [9.17, 15) is 9.59 Å². The smallest absolute Gasteiger partial charge is 0.251 e. The van der Waals surface area contributed by atoms with Crippen LogP contribution in [0.3, 0.4) is 0 Å². The van der Waals surface area contributed by atoms with E-state index in [0.717, 1.165) is 48.2 Å². The number of amides is 2. The summed E-state index contributed by atoms with van der Waals surface area (Å²) < 4.78 is 1.78. The van der Waals surface area contributed by atoms with Gasteiger partial charge in [-0.1, -0.05) is 6.42 Å². The lowest BCUT2D eigenvalue weighted by Gasteiger charge is -2.07. The van der Waals surface area contributed by atoms with Crippen molar-refractivity contribution in [2.75, 3.05) is 5.32 Å². The Morgan fingerprint density at radius 1 is 1.24 bits per heavy atom. The van der Waals surface area contributed by atoms with Gasteiger partial charge in [-0.15, -0.1) is 11.3 Å². The average Bonchev–Trinajstić information content (AvgIpc) is 2.87. The van der Waals surface area contributed by atoms with Gasteiger partial charge in [0.2, 0.25) is 5.91 Å². The highest BCUT2D eigenvalue weighted by Gasteiger charge is 2.24. The Labute approximate surface area is 151 Å². The fourth-order valence-electron chi connectivity index (χ4n) is 3.50. The van der Waals surface area contributed by atoms with Gasteiger partial charge in [0.15, 0.2) is 0 Å². The van der Waals surface area contributed by atoms with Crippen LogP contribution >= 0.6 is 11.3 Å². The van der Waals surface area contributed by atoms with Crippen LogP contribution in [-0.2, 0) is 31.1 Å². The second-order valence-electron chi connectivity index (χ2n) is 6.63. The number of aromatic nitrogens is 2. The lowest BCUT2D eigenvalue weighted by Crippen LogP contribution is -2.19. The summed E-state index contributed by atoms with van der Waals surface area (Å²) in [4.78, 5) is 25.7. The third kappa shape index (κ3) is 3.46. The summed E-state index contributed by atoms with van der Waals surface area (Å²) in [7, 11) is 1.87. The molecule has 0 unspecified atom stereocenters. The van der Waals surface area contributed by atoms with Crippen molar-refractivity contribution >= 4 is 28.2 Å². The van der Waals surface area contributed by atoms with Crippen molar-refractivity contribution in [3.05, 3.63) is 33.0 Å². The Bertz CT molecular complexity index is 835. The summed E-state index contributed by atoms with van der Waals surface area (Å²) in [5, 5.41) is 7.87. The summed E-state index contributed by atoms with van der Waals surface area (Å²) in [6.07, 6.45) is 5.41. The first-order valence-electron chi connectivity index (χ1n) is 8.61. The second kappa shape index (κ2) is 7.00. The Balaban J connectivity index is 1.85. The number of hydrogen-bond acceptors (Lipinski definition) is 4. The monoisotopic (exact) mass is 360 g/mol. The Hall–Kier alpha value is -2.15. The van der Waals surface area contributed by atoms with Crippen LogP contribution in [-0.4, -0.2) is 21.6 Å². The maximum atomic E-state index is 12.6. The quantitative estimate of drug-likeness (QED) is 0.821. The molecule has 6 nitrogen and oxygen atoms in total. The molecule has 0 fully saturated rings. The number of primary amides is 1. The zero-order valence-electron chi connectivity index (χ0n) is 14.9. The maximum Gasteiger partial charge on any atom is 0.251 e. The summed E-state index contributed by atoms with van der Waals surface area (Å²) in [5.41, 5.74) is 9.93. The third-order valence-electron chi connectivity index (χ3n) is 4.92. The van der Waals surface area contributed by atoms with Gasteiger partial charge in [-0.05, 0) is 45.1 Å². The SMILES string of the molecule is Cc1nn(C)c(C)c1CC(=O)Nc1sc2c(c1C(N)=O)CCCCC2. The van der Waals surface area contributed by atoms with Crippen molar-refractivity contribution < 1.29 is 9.59 Å². The molecule has 2 amide bonds. The number of hydrogen-bond donors (Lipinski definition) is 2. The minimum absolute atomic E-state index is 0.141. The molecule has 0 atom stereocenters. The summed E-state index contributed by atoms with van der Waals surface area (Å²) in [5.74, 6) is -0.596. The summed E-state index contributed by atoms with van der Waals surface area (Å²) >= 11 is 1.50. The van der Waals surface area contributed by atoms with Crippen LogP contribution in [0, 0.1) is 13.8 Å². The van der Waals surface area contributed by atoms with Crippen molar-refractivity contribution in [3.63, 3.8) is 0 Å². The van der Waals surface area contributed by atoms with E-state index in [4.69, 9.17) is 5.73 Å². The summed E-state index contributed by atoms with van der Waals surface area (Å²) in [6.45, 7) is 3.85. The highest BCUT2D eigenvalue weighted by molar-refractivity contribution is 7.17. The number of carbonyl (C=O) groups is 2. The van der Waals surface area contributed by atoms with Crippen LogP contribution in [0.25, 0.3) is 0 Å². The normalized spacial score (nSPS) is 14.0. The molecule has 3 rings (SSSR count). The summed E-state index contributed by atoms with van der Waals surface area (Å²) in [6, 6.07) is 0. The lowest BCUT2D eigenvalue weighted by molar-refractivity contribution is -0.115. The number of aryl methyl sites for hydroxylation is 3. The molecule has 25 heavy (non-hydrogen) atoms. The van der Waals surface area contributed by atoms with E-state index < -0.39 is 5.91 Å². The van der Waals surface area contributed by atoms with E-state index in [1.54, 1.807) is 4.68 Å². The Morgan fingerprint density at radius 2 is 1.96 bits per heavy atom. The molecule has 7 heteroatoms. The van der Waals surface area contributed by atoms with Gasteiger partial charge < -0.3 is 11.1 Å². The van der Waals surface area contributed by atoms with Gasteiger partial charge in [0.05, 0.1) is 17.7 Å². The second-order valence-corrected chi connectivity index (χ2v) is 7.74. The van der Waals surface area contributed by atoms with Crippen LogP contribution in [0.4, 0.5) is 5.00 Å². The van der Waals surface area contributed by atoms with Gasteiger partial charge >= 0.3 is 0 Å². The van der Waals surface area contributed by atoms with E-state index >= 15 is 0 Å².